The molecule has 7 heteroatoms. The molecule has 0 unspecified atom stereocenters. The first-order chi connectivity index (χ1) is 9.19. The third kappa shape index (κ3) is 2.01. The van der Waals surface area contributed by atoms with Gasteiger partial charge in [-0.15, -0.1) is 11.3 Å². The molecule has 19 heavy (non-hydrogen) atoms. The van der Waals surface area contributed by atoms with E-state index in [1.54, 1.807) is 18.6 Å². The fourth-order valence-electron chi connectivity index (χ4n) is 2.02. The Morgan fingerprint density at radius 3 is 3.00 bits per heavy atom. The molecule has 0 radical (unpaired) electrons. The Morgan fingerprint density at radius 1 is 1.42 bits per heavy atom. The highest BCUT2D eigenvalue weighted by atomic mass is 32.1. The van der Waals surface area contributed by atoms with E-state index in [-0.39, 0.29) is 0 Å². The zero-order valence-corrected chi connectivity index (χ0v) is 11.1. The van der Waals surface area contributed by atoms with Gasteiger partial charge in [-0.1, -0.05) is 0 Å². The smallest absolute Gasteiger partial charge is 0.346 e. The number of carboxylic acid groups (broad SMARTS) is 1. The van der Waals surface area contributed by atoms with Gasteiger partial charge in [-0.05, 0) is 13.0 Å². The average Bonchev–Trinajstić information content (AvgIpc) is 3.06. The second kappa shape index (κ2) is 4.51. The summed E-state index contributed by atoms with van der Waals surface area (Å²) in [5.41, 5.74) is 0.841. The van der Waals surface area contributed by atoms with Crippen LogP contribution in [0.5, 0.6) is 0 Å². The lowest BCUT2D eigenvalue weighted by Crippen LogP contribution is -2.06. The van der Waals surface area contributed by atoms with Crippen LogP contribution in [0.15, 0.2) is 24.8 Å². The predicted molar refractivity (Wildman–Crippen MR) is 71.6 cm³/mol. The molecule has 0 aliphatic carbocycles. The van der Waals surface area contributed by atoms with Crippen molar-refractivity contribution in [2.24, 2.45) is 0 Å². The maximum Gasteiger partial charge on any atom is 0.346 e. The van der Waals surface area contributed by atoms with E-state index in [0.29, 0.717) is 11.4 Å². The summed E-state index contributed by atoms with van der Waals surface area (Å²) >= 11 is 1.19. The Kier molecular flexibility index (Phi) is 2.83. The molecule has 0 bridgehead atoms. The van der Waals surface area contributed by atoms with Crippen molar-refractivity contribution in [2.75, 3.05) is 0 Å². The van der Waals surface area contributed by atoms with E-state index in [1.165, 1.54) is 11.3 Å². The molecule has 0 atom stereocenters. The number of nitrogens with zero attached hydrogens (tertiary/aromatic N) is 4. The Hall–Kier alpha value is -2.15. The van der Waals surface area contributed by atoms with Gasteiger partial charge in [0, 0.05) is 18.9 Å². The molecule has 98 valence electrons. The number of aromatic nitrogens is 4. The molecule has 6 nitrogen and oxygen atoms in total. The van der Waals surface area contributed by atoms with Gasteiger partial charge in [0.15, 0.2) is 0 Å². The summed E-state index contributed by atoms with van der Waals surface area (Å²) < 4.78 is 3.98. The molecule has 3 aromatic heterocycles. The van der Waals surface area contributed by atoms with Crippen LogP contribution >= 0.6 is 11.3 Å². The van der Waals surface area contributed by atoms with E-state index in [9.17, 15) is 4.79 Å². The quantitative estimate of drug-likeness (QED) is 0.791. The zero-order chi connectivity index (χ0) is 13.4. The van der Waals surface area contributed by atoms with Crippen LogP contribution in [0, 0.1) is 0 Å². The van der Waals surface area contributed by atoms with Crippen molar-refractivity contribution < 1.29 is 9.90 Å². The molecule has 0 aliphatic heterocycles. The molecule has 3 heterocycles. The lowest BCUT2D eigenvalue weighted by Gasteiger charge is -2.05. The van der Waals surface area contributed by atoms with Gasteiger partial charge in [0.1, 0.15) is 15.5 Å². The Bertz CT molecular complexity index is 740. The first-order valence-corrected chi connectivity index (χ1v) is 6.68. The van der Waals surface area contributed by atoms with Crippen LogP contribution in [0.1, 0.15) is 22.4 Å². The first kappa shape index (κ1) is 11.9. The van der Waals surface area contributed by atoms with Gasteiger partial charge in [-0.3, -0.25) is 0 Å². The fraction of sp³-hybridized carbons (Fsp3) is 0.250. The van der Waals surface area contributed by atoms with Crippen LogP contribution in [0.3, 0.4) is 0 Å². The summed E-state index contributed by atoms with van der Waals surface area (Å²) in [6, 6.07) is 1.66. The van der Waals surface area contributed by atoms with Gasteiger partial charge in [-0.2, -0.15) is 0 Å². The molecule has 0 amide bonds. The minimum Gasteiger partial charge on any atom is -0.477 e. The van der Waals surface area contributed by atoms with E-state index < -0.39 is 5.97 Å². The van der Waals surface area contributed by atoms with Crippen molar-refractivity contribution in [2.45, 2.75) is 20.0 Å². The molecule has 1 N–H and O–H groups in total. The van der Waals surface area contributed by atoms with Crippen LogP contribution in [0.2, 0.25) is 0 Å². The lowest BCUT2D eigenvalue weighted by atomic mass is 10.4. The number of aryl methyl sites for hydroxylation is 1. The van der Waals surface area contributed by atoms with E-state index in [1.807, 2.05) is 10.8 Å². The molecular formula is C12H12N4O2S. The standard InChI is InChI=1S/C12H12N4O2S/c1-2-15-4-3-13-10(15)6-16-7-14-11-8(16)5-9(19-11)12(17)18/h3-5,7H,2,6H2,1H3,(H,17,18). The van der Waals surface area contributed by atoms with Crippen LogP contribution in [0.25, 0.3) is 10.3 Å². The third-order valence-electron chi connectivity index (χ3n) is 2.98. The summed E-state index contributed by atoms with van der Waals surface area (Å²) in [6.45, 7) is 3.51. The number of carbonyl (C=O) groups is 1. The molecule has 0 aromatic carbocycles. The van der Waals surface area contributed by atoms with Crippen LogP contribution < -0.4 is 0 Å². The van der Waals surface area contributed by atoms with Crippen LogP contribution in [-0.2, 0) is 13.1 Å². The van der Waals surface area contributed by atoms with Crippen molar-refractivity contribution in [3.63, 3.8) is 0 Å². The van der Waals surface area contributed by atoms with Gasteiger partial charge >= 0.3 is 5.97 Å². The van der Waals surface area contributed by atoms with Gasteiger partial charge < -0.3 is 14.2 Å². The van der Waals surface area contributed by atoms with E-state index >= 15 is 0 Å². The highest BCUT2D eigenvalue weighted by molar-refractivity contribution is 7.20. The molecule has 3 rings (SSSR count). The molecule has 3 aromatic rings. The molecule has 0 saturated carbocycles. The topological polar surface area (TPSA) is 72.9 Å². The van der Waals surface area contributed by atoms with E-state index in [0.717, 1.165) is 22.7 Å². The number of rotatable bonds is 4. The number of aromatic carboxylic acids is 1. The summed E-state index contributed by atoms with van der Waals surface area (Å²) in [4.78, 5) is 20.6. The van der Waals surface area contributed by atoms with Crippen molar-refractivity contribution >= 4 is 27.7 Å². The van der Waals surface area contributed by atoms with E-state index in [4.69, 9.17) is 5.11 Å². The second-order valence-corrected chi connectivity index (χ2v) is 5.14. The first-order valence-electron chi connectivity index (χ1n) is 5.87. The number of carboxylic acids is 1. The molecule has 0 spiro atoms. The van der Waals surface area contributed by atoms with Crippen LogP contribution in [-0.4, -0.2) is 30.2 Å². The van der Waals surface area contributed by atoms with Gasteiger partial charge in [0.25, 0.3) is 0 Å². The Balaban J connectivity index is 1.99. The predicted octanol–water partition coefficient (Wildman–Crippen LogP) is 2.06. The summed E-state index contributed by atoms with van der Waals surface area (Å²) in [7, 11) is 0. The van der Waals surface area contributed by atoms with E-state index in [2.05, 4.69) is 21.5 Å². The van der Waals surface area contributed by atoms with Gasteiger partial charge in [-0.25, -0.2) is 14.8 Å². The highest BCUT2D eigenvalue weighted by Crippen LogP contribution is 2.24. The maximum atomic E-state index is 11.0. The van der Waals surface area contributed by atoms with Crippen LogP contribution in [0.4, 0.5) is 0 Å². The van der Waals surface area contributed by atoms with Crippen molar-refractivity contribution in [1.82, 2.24) is 19.1 Å². The summed E-state index contributed by atoms with van der Waals surface area (Å²) in [6.07, 6.45) is 5.42. The minimum atomic E-state index is -0.912. The molecule has 0 aliphatic rings. The second-order valence-electron chi connectivity index (χ2n) is 4.11. The average molecular weight is 276 g/mol. The highest BCUT2D eigenvalue weighted by Gasteiger charge is 2.13. The monoisotopic (exact) mass is 276 g/mol. The number of imidazole rings is 2. The number of thiophene rings is 1. The Morgan fingerprint density at radius 2 is 2.26 bits per heavy atom. The summed E-state index contributed by atoms with van der Waals surface area (Å²) in [5, 5.41) is 8.99. The third-order valence-corrected chi connectivity index (χ3v) is 4.00. The van der Waals surface area contributed by atoms with Crippen molar-refractivity contribution in [1.29, 1.82) is 0 Å². The Labute approximate surface area is 113 Å². The minimum absolute atomic E-state index is 0.311. The number of hydrogen-bond acceptors (Lipinski definition) is 4. The maximum absolute atomic E-state index is 11.0. The van der Waals surface area contributed by atoms with Gasteiger partial charge in [0.2, 0.25) is 0 Å². The number of hydrogen-bond donors (Lipinski definition) is 1. The van der Waals surface area contributed by atoms with Gasteiger partial charge in [0.05, 0.1) is 18.4 Å². The lowest BCUT2D eigenvalue weighted by molar-refractivity contribution is 0.0702. The molecule has 0 fully saturated rings. The largest absolute Gasteiger partial charge is 0.477 e. The normalized spacial score (nSPS) is 11.2. The SMILES string of the molecule is CCn1ccnc1Cn1cnc2sc(C(=O)O)cc21. The molecule has 0 saturated heterocycles. The van der Waals surface area contributed by atoms with Crippen molar-refractivity contribution in [3.8, 4) is 0 Å². The molecular weight excluding hydrogens is 264 g/mol. The zero-order valence-electron chi connectivity index (χ0n) is 10.3. The summed E-state index contributed by atoms with van der Waals surface area (Å²) in [5.74, 6) is 0.0227. The fourth-order valence-corrected chi connectivity index (χ4v) is 2.86. The van der Waals surface area contributed by atoms with Crippen molar-refractivity contribution in [3.05, 3.63) is 35.5 Å². The number of fused-ring (bicyclic) bond motifs is 1.